The van der Waals surface area contributed by atoms with Crippen LogP contribution in [0.25, 0.3) is 11.1 Å². The summed E-state index contributed by atoms with van der Waals surface area (Å²) < 4.78 is 18.1. The molecule has 1 aliphatic heterocycles. The number of benzene rings is 2. The Morgan fingerprint density at radius 1 is 1.13 bits per heavy atom. The van der Waals surface area contributed by atoms with Crippen molar-refractivity contribution in [3.63, 3.8) is 0 Å². The molecule has 0 aliphatic carbocycles. The van der Waals surface area contributed by atoms with E-state index in [1.165, 1.54) is 31.4 Å². The monoisotopic (exact) mass is 425 g/mol. The molecule has 3 aromatic rings. The highest BCUT2D eigenvalue weighted by atomic mass is 32.1. The number of nitrogens with one attached hydrogen (secondary N) is 1. The summed E-state index contributed by atoms with van der Waals surface area (Å²) >= 11 is 1.09. The van der Waals surface area contributed by atoms with E-state index >= 15 is 0 Å². The summed E-state index contributed by atoms with van der Waals surface area (Å²) in [5, 5.41) is 12.5. The number of rotatable bonds is 4. The van der Waals surface area contributed by atoms with Crippen LogP contribution in [0.15, 0.2) is 48.5 Å². The smallest absolute Gasteiger partial charge is 0.346 e. The van der Waals surface area contributed by atoms with Crippen LogP contribution in [0.3, 0.4) is 0 Å². The maximum atomic E-state index is 13.4. The lowest BCUT2D eigenvalue weighted by molar-refractivity contribution is -0.116. The van der Waals surface area contributed by atoms with Crippen LogP contribution in [0.1, 0.15) is 42.8 Å². The number of anilines is 1. The first-order chi connectivity index (χ1) is 14.4. The Labute approximate surface area is 174 Å². The number of carbonyl (C=O) groups excluding carboxylic acids is 2. The van der Waals surface area contributed by atoms with Crippen molar-refractivity contribution in [2.75, 3.05) is 12.4 Å². The molecule has 0 bridgehead atoms. The minimum atomic E-state index is -1.12. The van der Waals surface area contributed by atoms with Crippen molar-refractivity contribution >= 4 is 34.9 Å². The third kappa shape index (κ3) is 3.46. The molecule has 0 spiro atoms. The Morgan fingerprint density at radius 2 is 1.80 bits per heavy atom. The molecule has 0 saturated carbocycles. The Hall–Kier alpha value is -3.52. The van der Waals surface area contributed by atoms with Gasteiger partial charge >= 0.3 is 11.9 Å². The third-order valence-electron chi connectivity index (χ3n) is 4.97. The van der Waals surface area contributed by atoms with Gasteiger partial charge in [0, 0.05) is 22.8 Å². The van der Waals surface area contributed by atoms with E-state index in [1.807, 2.05) is 0 Å². The zero-order valence-corrected chi connectivity index (χ0v) is 16.6. The molecule has 1 aromatic heterocycles. The van der Waals surface area contributed by atoms with Crippen LogP contribution < -0.4 is 5.32 Å². The quantitative estimate of drug-likeness (QED) is 0.600. The second-order valence-corrected chi connectivity index (χ2v) is 7.83. The van der Waals surface area contributed by atoms with Crippen LogP contribution in [0.2, 0.25) is 0 Å². The summed E-state index contributed by atoms with van der Waals surface area (Å²) in [7, 11) is 1.30. The Morgan fingerprint density at radius 3 is 2.40 bits per heavy atom. The van der Waals surface area contributed by atoms with Crippen LogP contribution >= 0.6 is 11.3 Å². The normalized spacial score (nSPS) is 15.3. The fourth-order valence-corrected chi connectivity index (χ4v) is 4.81. The second-order valence-electron chi connectivity index (χ2n) is 6.78. The molecule has 8 heteroatoms. The van der Waals surface area contributed by atoms with E-state index in [9.17, 15) is 23.9 Å². The van der Waals surface area contributed by atoms with E-state index in [-0.39, 0.29) is 23.1 Å². The summed E-state index contributed by atoms with van der Waals surface area (Å²) in [6, 6.07) is 12.2. The van der Waals surface area contributed by atoms with Crippen LogP contribution in [-0.4, -0.2) is 30.1 Å². The summed E-state index contributed by atoms with van der Waals surface area (Å²) in [6.07, 6.45) is 0.146. The number of methoxy groups -OCH3 is 1. The minimum absolute atomic E-state index is 0.0741. The van der Waals surface area contributed by atoms with E-state index in [2.05, 4.69) is 5.32 Å². The molecule has 2 N–H and O–H groups in total. The zero-order valence-electron chi connectivity index (χ0n) is 15.8. The second kappa shape index (κ2) is 7.72. The van der Waals surface area contributed by atoms with E-state index in [4.69, 9.17) is 4.74 Å². The molecule has 2 aromatic carbocycles. The Balaban J connectivity index is 1.84. The van der Waals surface area contributed by atoms with Gasteiger partial charge in [0.2, 0.25) is 5.91 Å². The van der Waals surface area contributed by atoms with Gasteiger partial charge in [0.05, 0.1) is 18.4 Å². The lowest BCUT2D eigenvalue weighted by Crippen LogP contribution is -2.22. The standard InChI is InChI=1S/C22H16FNO5S/c1-29-22(28)13-4-2-11(3-5-13)15-10-16(25)24-18-17(12-6-8-14(23)9-7-12)20(21(26)27)30-19(15)18/h2-9,15H,10H2,1H3,(H,24,25)(H,26,27). The number of carboxylic acids is 1. The molecular weight excluding hydrogens is 409 g/mol. The van der Waals surface area contributed by atoms with Crippen molar-refractivity contribution in [3.8, 4) is 11.1 Å². The van der Waals surface area contributed by atoms with Gasteiger partial charge in [-0.1, -0.05) is 24.3 Å². The average Bonchev–Trinajstić information content (AvgIpc) is 3.13. The first-order valence-corrected chi connectivity index (χ1v) is 9.84. The van der Waals surface area contributed by atoms with Gasteiger partial charge in [-0.25, -0.2) is 14.0 Å². The predicted molar refractivity (Wildman–Crippen MR) is 110 cm³/mol. The number of fused-ring (bicyclic) bond motifs is 1. The van der Waals surface area contributed by atoms with Crippen LogP contribution in [-0.2, 0) is 9.53 Å². The number of carboxylic acid groups (broad SMARTS) is 1. The molecule has 0 saturated heterocycles. The summed E-state index contributed by atoms with van der Waals surface area (Å²) in [4.78, 5) is 36.8. The average molecular weight is 425 g/mol. The number of esters is 1. The van der Waals surface area contributed by atoms with Crippen LogP contribution in [0, 0.1) is 5.82 Å². The summed E-state index contributed by atoms with van der Waals surface area (Å²) in [5.41, 5.74) is 2.47. The number of amides is 1. The number of ether oxygens (including phenoxy) is 1. The summed E-state index contributed by atoms with van der Waals surface area (Å²) in [6.45, 7) is 0. The zero-order chi connectivity index (χ0) is 21.4. The van der Waals surface area contributed by atoms with Gasteiger partial charge in [-0.3, -0.25) is 4.79 Å². The molecule has 1 amide bonds. The summed E-state index contributed by atoms with van der Waals surface area (Å²) in [5.74, 6) is -2.64. The number of aromatic carboxylic acids is 1. The lowest BCUT2D eigenvalue weighted by atomic mass is 9.88. The van der Waals surface area contributed by atoms with Gasteiger partial charge in [-0.15, -0.1) is 11.3 Å². The Kier molecular flexibility index (Phi) is 5.09. The first-order valence-electron chi connectivity index (χ1n) is 9.03. The highest BCUT2D eigenvalue weighted by molar-refractivity contribution is 7.15. The topological polar surface area (TPSA) is 92.7 Å². The van der Waals surface area contributed by atoms with Crippen molar-refractivity contribution in [2.24, 2.45) is 0 Å². The lowest BCUT2D eigenvalue weighted by Gasteiger charge is -2.24. The number of hydrogen-bond donors (Lipinski definition) is 2. The third-order valence-corrected chi connectivity index (χ3v) is 6.26. The van der Waals surface area contributed by atoms with E-state index in [0.717, 1.165) is 16.9 Å². The molecule has 0 fully saturated rings. The molecule has 1 aliphatic rings. The minimum Gasteiger partial charge on any atom is -0.477 e. The van der Waals surface area contributed by atoms with Gasteiger partial charge < -0.3 is 15.2 Å². The van der Waals surface area contributed by atoms with Gasteiger partial charge in [-0.05, 0) is 35.4 Å². The molecular formula is C22H16FNO5S. The fraction of sp³-hybridized carbons (Fsp3) is 0.136. The number of halogens is 1. The molecule has 152 valence electrons. The Bertz CT molecular complexity index is 1150. The van der Waals surface area contributed by atoms with Gasteiger partial charge in [-0.2, -0.15) is 0 Å². The fourth-order valence-electron chi connectivity index (χ4n) is 3.57. The van der Waals surface area contributed by atoms with E-state index in [1.54, 1.807) is 24.3 Å². The van der Waals surface area contributed by atoms with Crippen LogP contribution in [0.5, 0.6) is 0 Å². The number of thiophene rings is 1. The maximum absolute atomic E-state index is 13.4. The van der Waals surface area contributed by atoms with Gasteiger partial charge in [0.1, 0.15) is 10.7 Å². The highest BCUT2D eigenvalue weighted by Crippen LogP contribution is 2.49. The first kappa shape index (κ1) is 19.8. The van der Waals surface area contributed by atoms with Crippen LogP contribution in [0.4, 0.5) is 10.1 Å². The molecule has 2 heterocycles. The van der Waals surface area contributed by atoms with Crippen molar-refractivity contribution in [1.29, 1.82) is 0 Å². The molecule has 30 heavy (non-hydrogen) atoms. The van der Waals surface area contributed by atoms with Crippen molar-refractivity contribution in [2.45, 2.75) is 12.3 Å². The van der Waals surface area contributed by atoms with E-state index < -0.39 is 17.8 Å². The number of hydrogen-bond acceptors (Lipinski definition) is 5. The van der Waals surface area contributed by atoms with Crippen molar-refractivity contribution < 1.29 is 28.6 Å². The maximum Gasteiger partial charge on any atom is 0.346 e. The molecule has 4 rings (SSSR count). The predicted octanol–water partition coefficient (Wildman–Crippen LogP) is 4.51. The van der Waals surface area contributed by atoms with E-state index in [0.29, 0.717) is 27.3 Å². The van der Waals surface area contributed by atoms with Gasteiger partial charge in [0.15, 0.2) is 0 Å². The molecule has 6 nitrogen and oxygen atoms in total. The highest BCUT2D eigenvalue weighted by Gasteiger charge is 2.34. The van der Waals surface area contributed by atoms with Crippen molar-refractivity contribution in [1.82, 2.24) is 0 Å². The van der Waals surface area contributed by atoms with Crippen molar-refractivity contribution in [3.05, 3.63) is 75.2 Å². The molecule has 1 unspecified atom stereocenters. The molecule has 1 atom stereocenters. The largest absolute Gasteiger partial charge is 0.477 e. The van der Waals surface area contributed by atoms with Gasteiger partial charge in [0.25, 0.3) is 0 Å². The number of carbonyl (C=O) groups is 3. The molecule has 0 radical (unpaired) electrons. The SMILES string of the molecule is COC(=O)c1ccc(C2CC(=O)Nc3c2sc(C(=O)O)c3-c2ccc(F)cc2)cc1.